The Labute approximate surface area is 150 Å². The predicted octanol–water partition coefficient (Wildman–Crippen LogP) is 3.43. The molecule has 134 valence electrons. The maximum absolute atomic E-state index is 12.9. The lowest BCUT2D eigenvalue weighted by Crippen LogP contribution is -2.54. The Kier molecular flexibility index (Phi) is 6.16. The second-order valence-electron chi connectivity index (χ2n) is 7.50. The first-order valence-corrected chi connectivity index (χ1v) is 8.84. The van der Waals surface area contributed by atoms with Gasteiger partial charge in [-0.05, 0) is 56.2 Å². The number of amides is 1. The lowest BCUT2D eigenvalue weighted by Gasteiger charge is -2.41. The minimum atomic E-state index is -0.344. The molecule has 1 aromatic carbocycles. The van der Waals surface area contributed by atoms with E-state index < -0.39 is 0 Å². The van der Waals surface area contributed by atoms with Crippen LogP contribution in [-0.2, 0) is 4.79 Å². The van der Waals surface area contributed by atoms with Crippen LogP contribution in [0.3, 0.4) is 0 Å². The molecule has 2 unspecified atom stereocenters. The summed E-state index contributed by atoms with van der Waals surface area (Å²) < 4.78 is 0. The van der Waals surface area contributed by atoms with E-state index in [1.54, 1.807) is 12.1 Å². The minimum Gasteiger partial charge on any atom is -0.508 e. The highest BCUT2D eigenvalue weighted by Gasteiger charge is 2.40. The first kappa shape index (κ1) is 19.1. The predicted molar refractivity (Wildman–Crippen MR) is 98.5 cm³/mol. The fraction of sp³-hybridized carbons (Fsp3) is 0.632. The zero-order valence-corrected chi connectivity index (χ0v) is 15.2. The van der Waals surface area contributed by atoms with Crippen LogP contribution in [0.15, 0.2) is 24.3 Å². The van der Waals surface area contributed by atoms with Gasteiger partial charge in [0.25, 0.3) is 0 Å². The number of carbonyl (C=O) groups is 1. The topological polar surface area (TPSA) is 66.6 Å². The van der Waals surface area contributed by atoms with Crippen molar-refractivity contribution in [1.82, 2.24) is 4.90 Å². The Morgan fingerprint density at radius 1 is 1.17 bits per heavy atom. The van der Waals surface area contributed by atoms with Crippen molar-refractivity contribution in [2.24, 2.45) is 11.7 Å². The van der Waals surface area contributed by atoms with Crippen LogP contribution in [0.25, 0.3) is 0 Å². The van der Waals surface area contributed by atoms with Crippen molar-refractivity contribution in [3.05, 3.63) is 29.8 Å². The van der Waals surface area contributed by atoms with Gasteiger partial charge in [-0.3, -0.25) is 4.79 Å². The standard InChI is InChI=1S/C19H28N2O2.ClH/c1-19(20)11-3-2-4-17(19)18(23)21-12-9-15(10-13-21)14-5-7-16(22)8-6-14;/h5-8,15,17,22H,2-4,9-13,20H2,1H3;1H. The van der Waals surface area contributed by atoms with Gasteiger partial charge in [-0.1, -0.05) is 25.0 Å². The number of benzene rings is 1. The van der Waals surface area contributed by atoms with Crippen molar-refractivity contribution in [3.63, 3.8) is 0 Å². The van der Waals surface area contributed by atoms with Crippen LogP contribution in [0.5, 0.6) is 5.75 Å². The van der Waals surface area contributed by atoms with Gasteiger partial charge in [0.15, 0.2) is 0 Å². The summed E-state index contributed by atoms with van der Waals surface area (Å²) in [7, 11) is 0. The number of aromatic hydroxyl groups is 1. The van der Waals surface area contributed by atoms with Gasteiger partial charge in [0.1, 0.15) is 5.75 Å². The molecule has 1 aliphatic heterocycles. The fourth-order valence-electron chi connectivity index (χ4n) is 4.16. The number of phenolic OH excluding ortho intramolecular Hbond substituents is 1. The molecular formula is C19H29ClN2O2. The third-order valence-corrected chi connectivity index (χ3v) is 5.72. The van der Waals surface area contributed by atoms with Crippen LogP contribution in [0.4, 0.5) is 0 Å². The first-order chi connectivity index (χ1) is 11.0. The van der Waals surface area contributed by atoms with Crippen LogP contribution >= 0.6 is 12.4 Å². The number of piperidine rings is 1. The highest BCUT2D eigenvalue weighted by molar-refractivity contribution is 5.85. The van der Waals surface area contributed by atoms with E-state index in [1.807, 2.05) is 24.0 Å². The molecule has 2 fully saturated rings. The average Bonchev–Trinajstić information content (AvgIpc) is 2.55. The number of nitrogens with two attached hydrogens (primary N) is 1. The second-order valence-corrected chi connectivity index (χ2v) is 7.50. The average molecular weight is 353 g/mol. The van der Waals surface area contributed by atoms with Gasteiger partial charge in [-0.2, -0.15) is 0 Å². The second kappa shape index (κ2) is 7.75. The SMILES string of the molecule is CC1(N)CCCCC1C(=O)N1CCC(c2ccc(O)cc2)CC1.Cl. The molecule has 1 aliphatic carbocycles. The molecule has 1 aromatic rings. The van der Waals surface area contributed by atoms with Crippen molar-refractivity contribution in [1.29, 1.82) is 0 Å². The van der Waals surface area contributed by atoms with E-state index in [1.165, 1.54) is 5.56 Å². The lowest BCUT2D eigenvalue weighted by atomic mass is 9.73. The van der Waals surface area contributed by atoms with Crippen LogP contribution in [-0.4, -0.2) is 34.5 Å². The Morgan fingerprint density at radius 3 is 2.38 bits per heavy atom. The molecule has 1 amide bonds. The number of hydrogen-bond donors (Lipinski definition) is 2. The van der Waals surface area contributed by atoms with Gasteiger partial charge < -0.3 is 15.7 Å². The summed E-state index contributed by atoms with van der Waals surface area (Å²) in [6, 6.07) is 7.48. The summed E-state index contributed by atoms with van der Waals surface area (Å²) in [4.78, 5) is 14.9. The molecule has 2 atom stereocenters. The smallest absolute Gasteiger partial charge is 0.227 e. The summed E-state index contributed by atoms with van der Waals surface area (Å²) in [5, 5.41) is 9.40. The summed E-state index contributed by atoms with van der Waals surface area (Å²) in [6.07, 6.45) is 6.12. The quantitative estimate of drug-likeness (QED) is 0.856. The van der Waals surface area contributed by atoms with E-state index in [9.17, 15) is 9.90 Å². The molecule has 3 rings (SSSR count). The molecule has 0 bridgehead atoms. The largest absolute Gasteiger partial charge is 0.508 e. The van der Waals surface area contributed by atoms with Crippen LogP contribution in [0, 0.1) is 5.92 Å². The monoisotopic (exact) mass is 352 g/mol. The third-order valence-electron chi connectivity index (χ3n) is 5.72. The van der Waals surface area contributed by atoms with E-state index >= 15 is 0 Å². The zero-order chi connectivity index (χ0) is 16.4. The van der Waals surface area contributed by atoms with Crippen molar-refractivity contribution in [2.45, 2.75) is 56.9 Å². The molecule has 1 heterocycles. The Hall–Kier alpha value is -1.26. The number of hydrogen-bond acceptors (Lipinski definition) is 3. The summed E-state index contributed by atoms with van der Waals surface area (Å²) >= 11 is 0. The Morgan fingerprint density at radius 2 is 1.79 bits per heavy atom. The number of likely N-dealkylation sites (tertiary alicyclic amines) is 1. The highest BCUT2D eigenvalue weighted by atomic mass is 35.5. The maximum atomic E-state index is 12.9. The summed E-state index contributed by atoms with van der Waals surface area (Å²) in [5.41, 5.74) is 7.31. The molecule has 2 aliphatic rings. The molecule has 0 spiro atoms. The first-order valence-electron chi connectivity index (χ1n) is 8.84. The van der Waals surface area contributed by atoms with Crippen molar-refractivity contribution in [3.8, 4) is 5.75 Å². The molecule has 1 saturated heterocycles. The highest BCUT2D eigenvalue weighted by Crippen LogP contribution is 2.35. The Balaban J connectivity index is 0.00000208. The van der Waals surface area contributed by atoms with Gasteiger partial charge in [0.05, 0.1) is 5.92 Å². The molecule has 0 radical (unpaired) electrons. The van der Waals surface area contributed by atoms with Gasteiger partial charge in [-0.15, -0.1) is 12.4 Å². The number of phenols is 1. The molecule has 1 saturated carbocycles. The van der Waals surface area contributed by atoms with Crippen molar-refractivity contribution in [2.75, 3.05) is 13.1 Å². The van der Waals surface area contributed by atoms with E-state index in [0.717, 1.165) is 51.6 Å². The number of halogens is 1. The molecule has 4 nitrogen and oxygen atoms in total. The van der Waals surface area contributed by atoms with Crippen molar-refractivity contribution >= 4 is 18.3 Å². The fourth-order valence-corrected chi connectivity index (χ4v) is 4.16. The van der Waals surface area contributed by atoms with E-state index in [-0.39, 0.29) is 29.8 Å². The lowest BCUT2D eigenvalue weighted by molar-refractivity contribution is -0.140. The maximum Gasteiger partial charge on any atom is 0.227 e. The Bertz CT molecular complexity index is 551. The normalized spacial score (nSPS) is 28.2. The van der Waals surface area contributed by atoms with Gasteiger partial charge >= 0.3 is 0 Å². The van der Waals surface area contributed by atoms with Crippen LogP contribution in [0.1, 0.15) is 56.9 Å². The number of carbonyl (C=O) groups excluding carboxylic acids is 1. The van der Waals surface area contributed by atoms with Crippen LogP contribution < -0.4 is 5.73 Å². The third kappa shape index (κ3) is 4.04. The minimum absolute atomic E-state index is 0. The van der Waals surface area contributed by atoms with E-state index in [4.69, 9.17) is 5.73 Å². The van der Waals surface area contributed by atoms with Gasteiger partial charge in [0, 0.05) is 18.6 Å². The van der Waals surface area contributed by atoms with E-state index in [0.29, 0.717) is 11.7 Å². The summed E-state index contributed by atoms with van der Waals surface area (Å²) in [6.45, 7) is 3.67. The molecule has 24 heavy (non-hydrogen) atoms. The number of rotatable bonds is 2. The molecular weight excluding hydrogens is 324 g/mol. The van der Waals surface area contributed by atoms with Gasteiger partial charge in [-0.25, -0.2) is 0 Å². The summed E-state index contributed by atoms with van der Waals surface area (Å²) in [5.74, 6) is 1.04. The number of nitrogens with zero attached hydrogens (tertiary/aromatic N) is 1. The molecule has 0 aromatic heterocycles. The van der Waals surface area contributed by atoms with Crippen molar-refractivity contribution < 1.29 is 9.90 Å². The zero-order valence-electron chi connectivity index (χ0n) is 14.4. The van der Waals surface area contributed by atoms with Gasteiger partial charge in [0.2, 0.25) is 5.91 Å². The van der Waals surface area contributed by atoms with Crippen LogP contribution in [0.2, 0.25) is 0 Å². The molecule has 3 N–H and O–H groups in total. The molecule has 5 heteroatoms. The van der Waals surface area contributed by atoms with E-state index in [2.05, 4.69) is 0 Å².